The van der Waals surface area contributed by atoms with Gasteiger partial charge in [0.05, 0.1) is 6.61 Å². The SMILES string of the molecule is CC(C)Cc1cc(OCC2CO2)ccc1O. The molecule has 2 rings (SSSR count). The molecule has 3 heteroatoms. The number of epoxide rings is 1. The molecule has 0 aliphatic carbocycles. The van der Waals surface area contributed by atoms with Gasteiger partial charge in [-0.3, -0.25) is 0 Å². The molecule has 1 atom stereocenters. The van der Waals surface area contributed by atoms with Crippen LogP contribution in [0.5, 0.6) is 11.5 Å². The summed E-state index contributed by atoms with van der Waals surface area (Å²) in [6, 6.07) is 5.40. The highest BCUT2D eigenvalue weighted by Gasteiger charge is 2.23. The molecular weight excluding hydrogens is 204 g/mol. The molecule has 0 bridgehead atoms. The highest BCUT2D eigenvalue weighted by Crippen LogP contribution is 2.26. The van der Waals surface area contributed by atoms with Crippen LogP contribution in [0, 0.1) is 5.92 Å². The molecule has 1 saturated heterocycles. The van der Waals surface area contributed by atoms with E-state index in [0.29, 0.717) is 18.3 Å². The molecule has 1 heterocycles. The smallest absolute Gasteiger partial charge is 0.119 e. The molecule has 0 radical (unpaired) electrons. The zero-order chi connectivity index (χ0) is 11.5. The summed E-state index contributed by atoms with van der Waals surface area (Å²) in [6.07, 6.45) is 1.13. The van der Waals surface area contributed by atoms with Gasteiger partial charge in [0.1, 0.15) is 24.2 Å². The second kappa shape index (κ2) is 4.74. The minimum Gasteiger partial charge on any atom is -0.508 e. The molecule has 1 aliphatic rings. The average molecular weight is 222 g/mol. The maximum Gasteiger partial charge on any atom is 0.119 e. The lowest BCUT2D eigenvalue weighted by molar-refractivity contribution is 0.262. The van der Waals surface area contributed by atoms with Gasteiger partial charge in [-0.25, -0.2) is 0 Å². The second-order valence-electron chi connectivity index (χ2n) is 4.65. The fraction of sp³-hybridized carbons (Fsp3) is 0.538. The molecule has 1 unspecified atom stereocenters. The molecule has 3 nitrogen and oxygen atoms in total. The van der Waals surface area contributed by atoms with Crippen LogP contribution in [0.25, 0.3) is 0 Å². The molecular formula is C13H18O3. The van der Waals surface area contributed by atoms with E-state index in [1.54, 1.807) is 12.1 Å². The van der Waals surface area contributed by atoms with Gasteiger partial charge in [-0.05, 0) is 36.1 Å². The van der Waals surface area contributed by atoms with Gasteiger partial charge in [0, 0.05) is 0 Å². The van der Waals surface area contributed by atoms with Crippen molar-refractivity contribution in [1.82, 2.24) is 0 Å². The van der Waals surface area contributed by atoms with Crippen LogP contribution in [0.4, 0.5) is 0 Å². The molecule has 1 fully saturated rings. The van der Waals surface area contributed by atoms with Gasteiger partial charge < -0.3 is 14.6 Å². The summed E-state index contributed by atoms with van der Waals surface area (Å²) in [5, 5.41) is 9.69. The lowest BCUT2D eigenvalue weighted by atomic mass is 10.0. The quantitative estimate of drug-likeness (QED) is 0.778. The van der Waals surface area contributed by atoms with Crippen molar-refractivity contribution in [3.63, 3.8) is 0 Å². The van der Waals surface area contributed by atoms with Gasteiger partial charge in [-0.1, -0.05) is 13.8 Å². The standard InChI is InChI=1S/C13H18O3/c1-9(2)5-10-6-11(3-4-13(10)14)15-7-12-8-16-12/h3-4,6,9,12,14H,5,7-8H2,1-2H3. The number of benzene rings is 1. The van der Waals surface area contributed by atoms with Crippen molar-refractivity contribution >= 4 is 0 Å². The van der Waals surface area contributed by atoms with E-state index in [-0.39, 0.29) is 6.10 Å². The molecule has 0 amide bonds. The van der Waals surface area contributed by atoms with Crippen molar-refractivity contribution in [3.05, 3.63) is 23.8 Å². The number of aromatic hydroxyl groups is 1. The first-order chi connectivity index (χ1) is 7.65. The molecule has 1 aromatic rings. The zero-order valence-electron chi connectivity index (χ0n) is 9.77. The second-order valence-corrected chi connectivity index (χ2v) is 4.65. The topological polar surface area (TPSA) is 42.0 Å². The largest absolute Gasteiger partial charge is 0.508 e. The summed E-state index contributed by atoms with van der Waals surface area (Å²) < 4.78 is 10.6. The zero-order valence-corrected chi connectivity index (χ0v) is 9.77. The van der Waals surface area contributed by atoms with Crippen LogP contribution in [-0.2, 0) is 11.2 Å². The first-order valence-corrected chi connectivity index (χ1v) is 5.71. The number of phenolic OH excluding ortho intramolecular Hbond substituents is 1. The number of phenols is 1. The van der Waals surface area contributed by atoms with Crippen molar-refractivity contribution in [2.75, 3.05) is 13.2 Å². The molecule has 0 saturated carbocycles. The first-order valence-electron chi connectivity index (χ1n) is 5.71. The van der Waals surface area contributed by atoms with Crippen LogP contribution >= 0.6 is 0 Å². The summed E-state index contributed by atoms with van der Waals surface area (Å²) in [7, 11) is 0. The summed E-state index contributed by atoms with van der Waals surface area (Å²) in [5.74, 6) is 1.68. The predicted molar refractivity (Wildman–Crippen MR) is 61.9 cm³/mol. The van der Waals surface area contributed by atoms with Gasteiger partial charge in [-0.2, -0.15) is 0 Å². The maximum absolute atomic E-state index is 9.69. The Morgan fingerprint density at radius 2 is 2.25 bits per heavy atom. The Bertz CT molecular complexity index is 356. The van der Waals surface area contributed by atoms with E-state index < -0.39 is 0 Å². The minimum absolute atomic E-state index is 0.266. The van der Waals surface area contributed by atoms with Crippen molar-refractivity contribution in [2.45, 2.75) is 26.4 Å². The van der Waals surface area contributed by atoms with E-state index in [1.165, 1.54) is 0 Å². The average Bonchev–Trinajstić information content (AvgIpc) is 3.02. The van der Waals surface area contributed by atoms with Crippen LogP contribution in [0.1, 0.15) is 19.4 Å². The monoisotopic (exact) mass is 222 g/mol. The van der Waals surface area contributed by atoms with E-state index >= 15 is 0 Å². The van der Waals surface area contributed by atoms with E-state index in [9.17, 15) is 5.11 Å². The molecule has 0 aromatic heterocycles. The van der Waals surface area contributed by atoms with Gasteiger partial charge >= 0.3 is 0 Å². The third kappa shape index (κ3) is 3.14. The number of hydrogen-bond donors (Lipinski definition) is 1. The van der Waals surface area contributed by atoms with Crippen LogP contribution in [0.15, 0.2) is 18.2 Å². The van der Waals surface area contributed by atoms with Gasteiger partial charge in [0.25, 0.3) is 0 Å². The van der Waals surface area contributed by atoms with Crippen molar-refractivity contribution < 1.29 is 14.6 Å². The molecule has 1 aliphatic heterocycles. The van der Waals surface area contributed by atoms with E-state index in [0.717, 1.165) is 24.3 Å². The maximum atomic E-state index is 9.69. The lowest BCUT2D eigenvalue weighted by Gasteiger charge is -2.10. The number of ether oxygens (including phenoxy) is 2. The van der Waals surface area contributed by atoms with Crippen molar-refractivity contribution in [1.29, 1.82) is 0 Å². The van der Waals surface area contributed by atoms with Gasteiger partial charge in [0.2, 0.25) is 0 Å². The summed E-state index contributed by atoms with van der Waals surface area (Å²) in [6.45, 7) is 5.67. The fourth-order valence-corrected chi connectivity index (χ4v) is 1.61. The fourth-order valence-electron chi connectivity index (χ4n) is 1.61. The van der Waals surface area contributed by atoms with E-state index in [1.807, 2.05) is 6.07 Å². The Morgan fingerprint density at radius 1 is 1.50 bits per heavy atom. The van der Waals surface area contributed by atoms with E-state index in [2.05, 4.69) is 13.8 Å². The van der Waals surface area contributed by atoms with Crippen LogP contribution in [0.2, 0.25) is 0 Å². The highest BCUT2D eigenvalue weighted by molar-refractivity contribution is 5.39. The molecule has 88 valence electrons. The minimum atomic E-state index is 0.266. The predicted octanol–water partition coefficient (Wildman–Crippen LogP) is 2.37. The molecule has 1 aromatic carbocycles. The van der Waals surface area contributed by atoms with E-state index in [4.69, 9.17) is 9.47 Å². The molecule has 1 N–H and O–H groups in total. The Labute approximate surface area is 96.0 Å². The third-order valence-corrected chi connectivity index (χ3v) is 2.52. The third-order valence-electron chi connectivity index (χ3n) is 2.52. The summed E-state index contributed by atoms with van der Waals surface area (Å²) >= 11 is 0. The van der Waals surface area contributed by atoms with Crippen molar-refractivity contribution in [3.8, 4) is 11.5 Å². The Balaban J connectivity index is 2.01. The summed E-state index contributed by atoms with van der Waals surface area (Å²) in [5.41, 5.74) is 0.948. The van der Waals surface area contributed by atoms with Crippen LogP contribution < -0.4 is 4.74 Å². The van der Waals surface area contributed by atoms with Crippen molar-refractivity contribution in [2.24, 2.45) is 5.92 Å². The lowest BCUT2D eigenvalue weighted by Crippen LogP contribution is -2.04. The first kappa shape index (κ1) is 11.3. The van der Waals surface area contributed by atoms with Gasteiger partial charge in [0.15, 0.2) is 0 Å². The Hall–Kier alpha value is -1.22. The van der Waals surface area contributed by atoms with Gasteiger partial charge in [-0.15, -0.1) is 0 Å². The van der Waals surface area contributed by atoms with Crippen LogP contribution in [0.3, 0.4) is 0 Å². The number of rotatable bonds is 5. The Kier molecular flexibility index (Phi) is 3.34. The number of hydrogen-bond acceptors (Lipinski definition) is 3. The molecule has 16 heavy (non-hydrogen) atoms. The summed E-state index contributed by atoms with van der Waals surface area (Å²) in [4.78, 5) is 0. The molecule has 0 spiro atoms. The normalized spacial score (nSPS) is 18.8. The highest BCUT2D eigenvalue weighted by atomic mass is 16.6. The van der Waals surface area contributed by atoms with Crippen LogP contribution in [-0.4, -0.2) is 24.4 Å². The Morgan fingerprint density at radius 3 is 2.88 bits per heavy atom.